The third-order valence-corrected chi connectivity index (χ3v) is 2.33. The smallest absolute Gasteiger partial charge is 0.132 e. The Kier molecular flexibility index (Phi) is 2.14. The summed E-state index contributed by atoms with van der Waals surface area (Å²) in [5.41, 5.74) is 1.09. The highest BCUT2D eigenvalue weighted by Gasteiger charge is 2.09. The summed E-state index contributed by atoms with van der Waals surface area (Å²) >= 11 is 3.25. The van der Waals surface area contributed by atoms with Crippen molar-refractivity contribution in [2.24, 2.45) is 0 Å². The predicted octanol–water partition coefficient (Wildman–Crippen LogP) is 2.98. The fraction of sp³-hybridized carbons (Fsp3) is 0. The van der Waals surface area contributed by atoms with Gasteiger partial charge in [0.25, 0.3) is 0 Å². The van der Waals surface area contributed by atoms with Gasteiger partial charge in [0, 0.05) is 5.56 Å². The molecular formula is C9H6BrFN2. The molecule has 2 aromatic rings. The number of benzene rings is 1. The topological polar surface area (TPSA) is 28.7 Å². The molecule has 0 aliphatic carbocycles. The molecule has 1 aromatic heterocycles. The number of nitrogens with zero attached hydrogens (tertiary/aromatic N) is 1. The molecule has 0 radical (unpaired) electrons. The SMILES string of the molecule is Fc1ccccc1-c1nc[nH]c1Br. The van der Waals surface area contributed by atoms with Gasteiger partial charge in [0.05, 0.1) is 6.33 Å². The van der Waals surface area contributed by atoms with Gasteiger partial charge in [-0.05, 0) is 28.1 Å². The summed E-state index contributed by atoms with van der Waals surface area (Å²) in [6, 6.07) is 6.53. The summed E-state index contributed by atoms with van der Waals surface area (Å²) in [5, 5.41) is 0. The normalized spacial score (nSPS) is 10.3. The average molecular weight is 241 g/mol. The number of aromatic nitrogens is 2. The Hall–Kier alpha value is -1.16. The van der Waals surface area contributed by atoms with Gasteiger partial charge >= 0.3 is 0 Å². The minimum atomic E-state index is -0.268. The largest absolute Gasteiger partial charge is 0.339 e. The maximum absolute atomic E-state index is 13.3. The number of aromatic amines is 1. The van der Waals surface area contributed by atoms with E-state index in [1.54, 1.807) is 18.2 Å². The van der Waals surface area contributed by atoms with E-state index in [0.717, 1.165) is 0 Å². The molecule has 0 bridgehead atoms. The molecule has 0 fully saturated rings. The van der Waals surface area contributed by atoms with Gasteiger partial charge in [0.15, 0.2) is 0 Å². The first kappa shape index (κ1) is 8.44. The molecule has 0 atom stereocenters. The molecule has 2 rings (SSSR count). The van der Waals surface area contributed by atoms with Crippen molar-refractivity contribution < 1.29 is 4.39 Å². The van der Waals surface area contributed by atoms with Crippen LogP contribution in [0.2, 0.25) is 0 Å². The van der Waals surface area contributed by atoms with Crippen LogP contribution in [0.3, 0.4) is 0 Å². The van der Waals surface area contributed by atoms with Gasteiger partial charge < -0.3 is 4.98 Å². The Morgan fingerprint density at radius 3 is 2.69 bits per heavy atom. The van der Waals surface area contributed by atoms with Crippen molar-refractivity contribution in [1.29, 1.82) is 0 Å². The minimum absolute atomic E-state index is 0.268. The molecule has 0 saturated carbocycles. The zero-order valence-corrected chi connectivity index (χ0v) is 8.18. The standard InChI is InChI=1S/C9H6BrFN2/c10-9-8(12-5-13-9)6-3-1-2-4-7(6)11/h1-5H,(H,12,13). The van der Waals surface area contributed by atoms with Crippen LogP contribution in [0.25, 0.3) is 11.3 Å². The maximum atomic E-state index is 13.3. The molecule has 4 heteroatoms. The monoisotopic (exact) mass is 240 g/mol. The first-order chi connectivity index (χ1) is 6.29. The van der Waals surface area contributed by atoms with Crippen LogP contribution in [0.5, 0.6) is 0 Å². The molecule has 0 spiro atoms. The first-order valence-electron chi connectivity index (χ1n) is 3.73. The first-order valence-corrected chi connectivity index (χ1v) is 4.52. The van der Waals surface area contributed by atoms with Gasteiger partial charge in [0.1, 0.15) is 16.1 Å². The molecule has 0 unspecified atom stereocenters. The summed E-state index contributed by atoms with van der Waals surface area (Å²) in [7, 11) is 0. The molecule has 1 aromatic carbocycles. The maximum Gasteiger partial charge on any atom is 0.132 e. The summed E-state index contributed by atoms with van der Waals surface area (Å²) in [6.45, 7) is 0. The van der Waals surface area contributed by atoms with Gasteiger partial charge in [-0.25, -0.2) is 9.37 Å². The van der Waals surface area contributed by atoms with E-state index >= 15 is 0 Å². The Labute approximate surface area is 83.0 Å². The Morgan fingerprint density at radius 1 is 1.31 bits per heavy atom. The highest BCUT2D eigenvalue weighted by molar-refractivity contribution is 9.10. The molecule has 13 heavy (non-hydrogen) atoms. The van der Waals surface area contributed by atoms with Crippen LogP contribution in [-0.4, -0.2) is 9.97 Å². The van der Waals surface area contributed by atoms with Crippen LogP contribution < -0.4 is 0 Å². The van der Waals surface area contributed by atoms with Crippen LogP contribution in [0.15, 0.2) is 35.2 Å². The number of imidazole rings is 1. The summed E-state index contributed by atoms with van der Waals surface area (Å²) in [6.07, 6.45) is 1.52. The molecular weight excluding hydrogens is 235 g/mol. The number of hydrogen-bond acceptors (Lipinski definition) is 1. The number of nitrogens with one attached hydrogen (secondary N) is 1. The third kappa shape index (κ3) is 1.49. The van der Waals surface area contributed by atoms with E-state index in [1.165, 1.54) is 12.4 Å². The van der Waals surface area contributed by atoms with E-state index in [9.17, 15) is 4.39 Å². The molecule has 0 aliphatic heterocycles. The average Bonchev–Trinajstić information content (AvgIpc) is 2.52. The highest BCUT2D eigenvalue weighted by Crippen LogP contribution is 2.26. The van der Waals surface area contributed by atoms with E-state index in [-0.39, 0.29) is 5.82 Å². The lowest BCUT2D eigenvalue weighted by molar-refractivity contribution is 0.631. The van der Waals surface area contributed by atoms with E-state index in [2.05, 4.69) is 25.9 Å². The van der Waals surface area contributed by atoms with Crippen molar-refractivity contribution in [3.63, 3.8) is 0 Å². The lowest BCUT2D eigenvalue weighted by Crippen LogP contribution is -1.83. The summed E-state index contributed by atoms with van der Waals surface area (Å²) in [4.78, 5) is 6.84. The van der Waals surface area contributed by atoms with Crippen molar-refractivity contribution in [1.82, 2.24) is 9.97 Å². The molecule has 2 nitrogen and oxygen atoms in total. The van der Waals surface area contributed by atoms with Crippen molar-refractivity contribution in [2.75, 3.05) is 0 Å². The highest BCUT2D eigenvalue weighted by atomic mass is 79.9. The second-order valence-corrected chi connectivity index (χ2v) is 3.34. The molecule has 0 amide bonds. The van der Waals surface area contributed by atoms with Crippen LogP contribution >= 0.6 is 15.9 Å². The van der Waals surface area contributed by atoms with Gasteiger partial charge in [-0.2, -0.15) is 0 Å². The zero-order valence-electron chi connectivity index (χ0n) is 6.59. The van der Waals surface area contributed by atoms with E-state index < -0.39 is 0 Å². The Bertz CT molecular complexity index is 425. The number of hydrogen-bond donors (Lipinski definition) is 1. The molecule has 66 valence electrons. The van der Waals surface area contributed by atoms with Crippen molar-refractivity contribution in [3.05, 3.63) is 41.0 Å². The fourth-order valence-corrected chi connectivity index (χ4v) is 1.54. The lowest BCUT2D eigenvalue weighted by Gasteiger charge is -1.98. The summed E-state index contributed by atoms with van der Waals surface area (Å²) in [5.74, 6) is -0.268. The van der Waals surface area contributed by atoms with Crippen LogP contribution in [0.1, 0.15) is 0 Å². The van der Waals surface area contributed by atoms with Crippen LogP contribution in [0, 0.1) is 5.82 Å². The van der Waals surface area contributed by atoms with E-state index in [0.29, 0.717) is 15.9 Å². The molecule has 0 aliphatic rings. The molecule has 1 heterocycles. The molecule has 1 N–H and O–H groups in total. The van der Waals surface area contributed by atoms with Gasteiger partial charge in [-0.3, -0.25) is 0 Å². The molecule has 0 saturated heterocycles. The second kappa shape index (κ2) is 3.30. The zero-order chi connectivity index (χ0) is 9.26. The summed E-state index contributed by atoms with van der Waals surface area (Å²) < 4.78 is 14.0. The van der Waals surface area contributed by atoms with E-state index in [1.807, 2.05) is 0 Å². The van der Waals surface area contributed by atoms with Crippen LogP contribution in [-0.2, 0) is 0 Å². The Morgan fingerprint density at radius 2 is 2.08 bits per heavy atom. The Balaban J connectivity index is 2.59. The van der Waals surface area contributed by atoms with Gasteiger partial charge in [-0.15, -0.1) is 0 Å². The van der Waals surface area contributed by atoms with Crippen molar-refractivity contribution in [2.45, 2.75) is 0 Å². The second-order valence-electron chi connectivity index (χ2n) is 2.54. The third-order valence-electron chi connectivity index (χ3n) is 1.72. The van der Waals surface area contributed by atoms with Crippen molar-refractivity contribution >= 4 is 15.9 Å². The number of halogens is 2. The lowest BCUT2D eigenvalue weighted by atomic mass is 10.1. The van der Waals surface area contributed by atoms with E-state index in [4.69, 9.17) is 0 Å². The predicted molar refractivity (Wildman–Crippen MR) is 51.7 cm³/mol. The fourth-order valence-electron chi connectivity index (χ4n) is 1.12. The quantitative estimate of drug-likeness (QED) is 0.816. The van der Waals surface area contributed by atoms with Gasteiger partial charge in [-0.1, -0.05) is 12.1 Å². The van der Waals surface area contributed by atoms with Gasteiger partial charge in [0.2, 0.25) is 0 Å². The minimum Gasteiger partial charge on any atom is -0.339 e. The van der Waals surface area contributed by atoms with Crippen molar-refractivity contribution in [3.8, 4) is 11.3 Å². The number of H-pyrrole nitrogens is 1. The van der Waals surface area contributed by atoms with Crippen LogP contribution in [0.4, 0.5) is 4.39 Å². The number of rotatable bonds is 1.